The number of primary amides is 1. The molecular weight excluding hydrogens is 400 g/mol. The molecular formula is C22H34N4O5. The third-order valence-electron chi connectivity index (χ3n) is 5.38. The number of hydrogen-bond acceptors (Lipinski definition) is 5. The summed E-state index contributed by atoms with van der Waals surface area (Å²) in [5.74, 6) is -2.95. The van der Waals surface area contributed by atoms with Crippen molar-refractivity contribution in [1.82, 2.24) is 15.1 Å². The lowest BCUT2D eigenvalue weighted by atomic mass is 10.0. The van der Waals surface area contributed by atoms with E-state index in [4.69, 9.17) is 5.73 Å². The molecule has 0 bridgehead atoms. The monoisotopic (exact) mass is 434 g/mol. The second kappa shape index (κ2) is 12.7. The van der Waals surface area contributed by atoms with E-state index in [9.17, 15) is 24.3 Å². The van der Waals surface area contributed by atoms with Gasteiger partial charge in [0.1, 0.15) is 12.1 Å². The number of likely N-dealkylation sites (N-methyl/N-ethyl adjacent to an activating group) is 3. The quantitative estimate of drug-likeness (QED) is 0.417. The molecule has 0 saturated carbocycles. The smallest absolute Gasteiger partial charge is 0.305 e. The van der Waals surface area contributed by atoms with Gasteiger partial charge in [-0.1, -0.05) is 50.1 Å². The molecule has 0 saturated heterocycles. The maximum atomic E-state index is 13.2. The molecule has 0 radical (unpaired) electrons. The van der Waals surface area contributed by atoms with Gasteiger partial charge in [-0.3, -0.25) is 19.2 Å². The van der Waals surface area contributed by atoms with E-state index >= 15 is 0 Å². The zero-order valence-corrected chi connectivity index (χ0v) is 18.7. The molecule has 0 spiro atoms. The van der Waals surface area contributed by atoms with Gasteiger partial charge in [-0.25, -0.2) is 0 Å². The van der Waals surface area contributed by atoms with Crippen LogP contribution in [0.3, 0.4) is 0 Å². The molecule has 3 atom stereocenters. The number of nitrogens with zero attached hydrogens (tertiary/aromatic N) is 2. The molecule has 0 aliphatic carbocycles. The van der Waals surface area contributed by atoms with Crippen molar-refractivity contribution < 1.29 is 24.3 Å². The van der Waals surface area contributed by atoms with Crippen molar-refractivity contribution in [2.75, 3.05) is 21.1 Å². The Hall–Kier alpha value is -2.94. The predicted molar refractivity (Wildman–Crippen MR) is 117 cm³/mol. The lowest BCUT2D eigenvalue weighted by molar-refractivity contribution is -0.151. The second-order valence-corrected chi connectivity index (χ2v) is 7.60. The maximum absolute atomic E-state index is 13.2. The normalized spacial score (nSPS) is 13.7. The Morgan fingerprint density at radius 3 is 2.10 bits per heavy atom. The molecule has 0 aliphatic heterocycles. The van der Waals surface area contributed by atoms with Crippen LogP contribution >= 0.6 is 0 Å². The molecule has 3 amide bonds. The van der Waals surface area contributed by atoms with Crippen LogP contribution in [0.1, 0.15) is 38.2 Å². The Morgan fingerprint density at radius 1 is 1.03 bits per heavy atom. The number of amides is 3. The van der Waals surface area contributed by atoms with Gasteiger partial charge in [0.25, 0.3) is 0 Å². The Morgan fingerprint density at radius 2 is 1.61 bits per heavy atom. The first-order chi connectivity index (χ1) is 14.6. The number of nitrogens with one attached hydrogen (secondary N) is 1. The highest BCUT2D eigenvalue weighted by Crippen LogP contribution is 2.15. The fourth-order valence-electron chi connectivity index (χ4n) is 3.41. The van der Waals surface area contributed by atoms with Crippen LogP contribution in [0.5, 0.6) is 0 Å². The molecule has 9 nitrogen and oxygen atoms in total. The van der Waals surface area contributed by atoms with E-state index in [0.29, 0.717) is 6.42 Å². The van der Waals surface area contributed by atoms with Gasteiger partial charge in [0.15, 0.2) is 0 Å². The first-order valence-corrected chi connectivity index (χ1v) is 10.4. The molecule has 0 unspecified atom stereocenters. The van der Waals surface area contributed by atoms with E-state index in [1.54, 1.807) is 7.05 Å². The van der Waals surface area contributed by atoms with E-state index < -0.39 is 42.3 Å². The lowest BCUT2D eigenvalue weighted by Gasteiger charge is -2.34. The molecule has 0 aliphatic rings. The van der Waals surface area contributed by atoms with Crippen LogP contribution in [0.15, 0.2) is 30.3 Å². The van der Waals surface area contributed by atoms with Crippen molar-refractivity contribution in [3.63, 3.8) is 0 Å². The van der Waals surface area contributed by atoms with E-state index in [-0.39, 0.29) is 12.3 Å². The summed E-state index contributed by atoms with van der Waals surface area (Å²) in [5, 5.41) is 12.3. The number of rotatable bonds is 13. The topological polar surface area (TPSA) is 133 Å². The summed E-state index contributed by atoms with van der Waals surface area (Å²) in [6.45, 7) is 2.00. The molecule has 9 heteroatoms. The van der Waals surface area contributed by atoms with Crippen molar-refractivity contribution >= 4 is 23.7 Å². The number of hydrogen-bond donors (Lipinski definition) is 3. The molecule has 1 aromatic carbocycles. The molecule has 0 aromatic heterocycles. The van der Waals surface area contributed by atoms with Gasteiger partial charge < -0.3 is 26.0 Å². The summed E-state index contributed by atoms with van der Waals surface area (Å²) in [6, 6.07) is 6.30. The summed E-state index contributed by atoms with van der Waals surface area (Å²) >= 11 is 0. The average molecular weight is 435 g/mol. The summed E-state index contributed by atoms with van der Waals surface area (Å²) in [5.41, 5.74) is 6.35. The average Bonchev–Trinajstić information content (AvgIpc) is 2.75. The van der Waals surface area contributed by atoms with Gasteiger partial charge in [0.05, 0.1) is 12.5 Å². The Kier molecular flexibility index (Phi) is 10.7. The van der Waals surface area contributed by atoms with Crippen molar-refractivity contribution in [2.45, 2.75) is 57.2 Å². The van der Waals surface area contributed by atoms with Crippen LogP contribution in [-0.4, -0.2) is 77.9 Å². The minimum Gasteiger partial charge on any atom is -0.481 e. The van der Waals surface area contributed by atoms with Crippen LogP contribution < -0.4 is 11.1 Å². The van der Waals surface area contributed by atoms with Gasteiger partial charge in [0.2, 0.25) is 17.7 Å². The van der Waals surface area contributed by atoms with Crippen LogP contribution in [0.2, 0.25) is 0 Å². The highest BCUT2D eigenvalue weighted by Gasteiger charge is 2.37. The van der Waals surface area contributed by atoms with Gasteiger partial charge in [-0.15, -0.1) is 0 Å². The molecule has 4 N–H and O–H groups in total. The lowest BCUT2D eigenvalue weighted by Crippen LogP contribution is -2.57. The van der Waals surface area contributed by atoms with Crippen molar-refractivity contribution in [3.8, 4) is 0 Å². The predicted octanol–water partition coefficient (Wildman–Crippen LogP) is 0.621. The minimum atomic E-state index is -1.26. The number of unbranched alkanes of at least 4 members (excludes halogenated alkanes) is 1. The fourth-order valence-corrected chi connectivity index (χ4v) is 3.41. The van der Waals surface area contributed by atoms with Crippen LogP contribution in [0.4, 0.5) is 0 Å². The van der Waals surface area contributed by atoms with Gasteiger partial charge in [-0.05, 0) is 19.0 Å². The van der Waals surface area contributed by atoms with Gasteiger partial charge in [-0.2, -0.15) is 0 Å². The second-order valence-electron chi connectivity index (χ2n) is 7.60. The third kappa shape index (κ3) is 7.67. The molecule has 31 heavy (non-hydrogen) atoms. The molecule has 172 valence electrons. The standard InChI is InChI=1S/C22H34N4O5/c1-5-6-12-16(24-2)21(30)26(4)18(14-19(27)28)22(31)25(3)17(20(23)29)13-15-10-8-7-9-11-15/h7-11,16-18,24H,5-6,12-14H2,1-4H3,(H2,23,29)(H,27,28)/t16-,17-,18+/m0/s1. The van der Waals surface area contributed by atoms with Crippen molar-refractivity contribution in [1.29, 1.82) is 0 Å². The number of carboxylic acid groups (broad SMARTS) is 1. The summed E-state index contributed by atoms with van der Waals surface area (Å²) in [4.78, 5) is 52.0. The first kappa shape index (κ1) is 26.1. The number of carbonyl (C=O) groups excluding carboxylic acids is 3. The maximum Gasteiger partial charge on any atom is 0.305 e. The van der Waals surface area contributed by atoms with Gasteiger partial charge >= 0.3 is 5.97 Å². The highest BCUT2D eigenvalue weighted by atomic mass is 16.4. The minimum absolute atomic E-state index is 0.186. The fraction of sp³-hybridized carbons (Fsp3) is 0.545. The molecule has 0 fully saturated rings. The van der Waals surface area contributed by atoms with Crippen LogP contribution in [0.25, 0.3) is 0 Å². The SMILES string of the molecule is CCCC[C@H](NC)C(=O)N(C)[C@H](CC(=O)O)C(=O)N(C)[C@@H](Cc1ccccc1)C(N)=O. The Balaban J connectivity index is 3.11. The number of nitrogens with two attached hydrogens (primary N) is 1. The Labute approximate surface area is 183 Å². The Bertz CT molecular complexity index is 756. The highest BCUT2D eigenvalue weighted by molar-refractivity contribution is 5.94. The first-order valence-electron chi connectivity index (χ1n) is 10.4. The summed E-state index contributed by atoms with van der Waals surface area (Å²) in [7, 11) is 4.46. The zero-order valence-electron chi connectivity index (χ0n) is 18.7. The molecule has 1 aromatic rings. The van der Waals surface area contributed by atoms with E-state index in [1.807, 2.05) is 37.3 Å². The number of aliphatic carboxylic acids is 1. The third-order valence-corrected chi connectivity index (χ3v) is 5.38. The van der Waals surface area contributed by atoms with Crippen LogP contribution in [-0.2, 0) is 25.6 Å². The number of carbonyl (C=O) groups is 4. The van der Waals surface area contributed by atoms with E-state index in [2.05, 4.69) is 5.32 Å². The van der Waals surface area contributed by atoms with Crippen LogP contribution in [0, 0.1) is 0 Å². The zero-order chi connectivity index (χ0) is 23.6. The van der Waals surface area contributed by atoms with Crippen molar-refractivity contribution in [3.05, 3.63) is 35.9 Å². The largest absolute Gasteiger partial charge is 0.481 e. The van der Waals surface area contributed by atoms with E-state index in [1.165, 1.54) is 14.1 Å². The number of carboxylic acids is 1. The van der Waals surface area contributed by atoms with E-state index in [0.717, 1.165) is 28.2 Å². The summed E-state index contributed by atoms with van der Waals surface area (Å²) in [6.07, 6.45) is 1.88. The van der Waals surface area contributed by atoms with Crippen molar-refractivity contribution in [2.24, 2.45) is 5.73 Å². The molecule has 0 heterocycles. The summed E-state index contributed by atoms with van der Waals surface area (Å²) < 4.78 is 0. The molecule has 1 rings (SSSR count). The number of benzene rings is 1. The van der Waals surface area contributed by atoms with Gasteiger partial charge in [0, 0.05) is 20.5 Å².